The normalized spacial score (nSPS) is 17.0. The third kappa shape index (κ3) is 3.71. The Morgan fingerprint density at radius 2 is 1.90 bits per heavy atom. The highest BCUT2D eigenvalue weighted by Crippen LogP contribution is 1.98. The molecular formula is C13H15N3O4. The van der Waals surface area contributed by atoms with Crippen LogP contribution in [0.3, 0.4) is 0 Å². The zero-order valence-corrected chi connectivity index (χ0v) is 10.7. The van der Waals surface area contributed by atoms with Crippen LogP contribution in [-0.2, 0) is 9.53 Å². The summed E-state index contributed by atoms with van der Waals surface area (Å²) < 4.78 is 4.61. The van der Waals surface area contributed by atoms with E-state index < -0.39 is 12.1 Å². The fraction of sp³-hybridized carbons (Fsp3) is 0.308. The maximum absolute atomic E-state index is 11.7. The van der Waals surface area contributed by atoms with Crippen molar-refractivity contribution in [3.05, 3.63) is 35.9 Å². The van der Waals surface area contributed by atoms with Crippen LogP contribution in [0.1, 0.15) is 10.4 Å². The van der Waals surface area contributed by atoms with Crippen LogP contribution >= 0.6 is 0 Å². The first-order valence-corrected chi connectivity index (χ1v) is 6.21. The molecule has 1 fully saturated rings. The number of alkyl carbamates (subject to hydrolysis) is 1. The van der Waals surface area contributed by atoms with Gasteiger partial charge in [-0.15, -0.1) is 0 Å². The van der Waals surface area contributed by atoms with Gasteiger partial charge in [0.1, 0.15) is 12.6 Å². The molecule has 2 rings (SSSR count). The number of hydrogen-bond donors (Lipinski definition) is 3. The maximum atomic E-state index is 11.7. The first-order chi connectivity index (χ1) is 9.66. The van der Waals surface area contributed by atoms with E-state index in [1.54, 1.807) is 24.3 Å². The van der Waals surface area contributed by atoms with Crippen LogP contribution in [0.2, 0.25) is 0 Å². The molecule has 3 N–H and O–H groups in total. The molecule has 0 spiro atoms. The van der Waals surface area contributed by atoms with E-state index in [1.165, 1.54) is 0 Å². The lowest BCUT2D eigenvalue weighted by atomic mass is 10.2. The zero-order chi connectivity index (χ0) is 14.4. The molecule has 0 radical (unpaired) electrons. The van der Waals surface area contributed by atoms with Crippen molar-refractivity contribution in [2.75, 3.05) is 19.7 Å². The lowest BCUT2D eigenvalue weighted by Crippen LogP contribution is -2.45. The van der Waals surface area contributed by atoms with Gasteiger partial charge in [-0.25, -0.2) is 4.79 Å². The largest absolute Gasteiger partial charge is 0.447 e. The maximum Gasteiger partial charge on any atom is 0.407 e. The van der Waals surface area contributed by atoms with E-state index in [0.29, 0.717) is 12.1 Å². The van der Waals surface area contributed by atoms with Crippen molar-refractivity contribution < 1.29 is 19.1 Å². The van der Waals surface area contributed by atoms with E-state index in [4.69, 9.17) is 0 Å². The highest BCUT2D eigenvalue weighted by molar-refractivity contribution is 5.94. The average Bonchev–Trinajstić information content (AvgIpc) is 2.91. The second-order valence-electron chi connectivity index (χ2n) is 4.21. The predicted molar refractivity (Wildman–Crippen MR) is 70.1 cm³/mol. The molecule has 0 bridgehead atoms. The second kappa shape index (κ2) is 6.55. The topological polar surface area (TPSA) is 96.5 Å². The standard InChI is InChI=1S/C13H15N3O4/c17-11(9-4-2-1-3-5-9)14-6-7-15-12(18)10-8-20-13(19)16-10/h1-5,10H,6-8H2,(H,14,17)(H,15,18)(H,16,19)/t10-/m1/s1. The molecule has 0 unspecified atom stereocenters. The Balaban J connectivity index is 1.65. The zero-order valence-electron chi connectivity index (χ0n) is 10.7. The van der Waals surface area contributed by atoms with E-state index in [2.05, 4.69) is 20.7 Å². The molecule has 1 aliphatic rings. The number of carbonyl (C=O) groups is 3. The third-order valence-electron chi connectivity index (χ3n) is 2.74. The minimum atomic E-state index is -0.660. The molecule has 0 aromatic heterocycles. The Kier molecular flexibility index (Phi) is 4.54. The molecule has 0 aliphatic carbocycles. The molecule has 7 heteroatoms. The van der Waals surface area contributed by atoms with Gasteiger partial charge in [0, 0.05) is 18.7 Å². The van der Waals surface area contributed by atoms with Crippen molar-refractivity contribution in [1.82, 2.24) is 16.0 Å². The summed E-state index contributed by atoms with van der Waals surface area (Å²) in [5.74, 6) is -0.526. The summed E-state index contributed by atoms with van der Waals surface area (Å²) in [4.78, 5) is 34.0. The molecule has 1 aromatic carbocycles. The molecule has 3 amide bonds. The van der Waals surface area contributed by atoms with Crippen molar-refractivity contribution in [3.8, 4) is 0 Å². The lowest BCUT2D eigenvalue weighted by Gasteiger charge is -2.09. The van der Waals surface area contributed by atoms with Gasteiger partial charge in [-0.05, 0) is 12.1 Å². The average molecular weight is 277 g/mol. The number of cyclic esters (lactones) is 1. The minimum absolute atomic E-state index is 0.0288. The Bertz CT molecular complexity index is 504. The van der Waals surface area contributed by atoms with Crippen LogP contribution in [0, 0.1) is 0 Å². The molecule has 1 heterocycles. The van der Waals surface area contributed by atoms with Gasteiger partial charge in [0.25, 0.3) is 5.91 Å². The van der Waals surface area contributed by atoms with Gasteiger partial charge < -0.3 is 20.7 Å². The summed E-state index contributed by atoms with van der Waals surface area (Å²) >= 11 is 0. The van der Waals surface area contributed by atoms with Crippen LogP contribution < -0.4 is 16.0 Å². The van der Waals surface area contributed by atoms with Gasteiger partial charge in [0.15, 0.2) is 0 Å². The summed E-state index contributed by atoms with van der Waals surface area (Å²) in [6.07, 6.45) is -0.595. The van der Waals surface area contributed by atoms with Crippen molar-refractivity contribution in [2.24, 2.45) is 0 Å². The Morgan fingerprint density at radius 3 is 2.55 bits per heavy atom. The number of ether oxygens (including phenoxy) is 1. The number of benzene rings is 1. The van der Waals surface area contributed by atoms with E-state index >= 15 is 0 Å². The highest BCUT2D eigenvalue weighted by atomic mass is 16.6. The summed E-state index contributed by atoms with van der Waals surface area (Å²) in [6, 6.07) is 8.14. The molecule has 1 saturated heterocycles. The number of amides is 3. The molecule has 1 aliphatic heterocycles. The Hall–Kier alpha value is -2.57. The monoisotopic (exact) mass is 277 g/mol. The number of nitrogens with one attached hydrogen (secondary N) is 3. The van der Waals surface area contributed by atoms with E-state index in [9.17, 15) is 14.4 Å². The van der Waals surface area contributed by atoms with Crippen LogP contribution in [-0.4, -0.2) is 43.6 Å². The first kappa shape index (κ1) is 13.9. The fourth-order valence-electron chi connectivity index (χ4n) is 1.70. The van der Waals surface area contributed by atoms with E-state index in [1.807, 2.05) is 6.07 Å². The summed E-state index contributed by atoms with van der Waals surface area (Å²) in [7, 11) is 0. The van der Waals surface area contributed by atoms with Crippen LogP contribution in [0.4, 0.5) is 4.79 Å². The molecule has 0 saturated carbocycles. The Labute approximate surface area is 115 Å². The van der Waals surface area contributed by atoms with Crippen molar-refractivity contribution >= 4 is 17.9 Å². The number of hydrogen-bond acceptors (Lipinski definition) is 4. The van der Waals surface area contributed by atoms with E-state index in [-0.39, 0.29) is 25.0 Å². The quantitative estimate of drug-likeness (QED) is 0.640. The van der Waals surface area contributed by atoms with Gasteiger partial charge >= 0.3 is 6.09 Å². The summed E-state index contributed by atoms with van der Waals surface area (Å²) in [5.41, 5.74) is 0.565. The first-order valence-electron chi connectivity index (χ1n) is 6.21. The molecule has 20 heavy (non-hydrogen) atoms. The summed E-state index contributed by atoms with van der Waals surface area (Å²) in [6.45, 7) is 0.617. The number of carbonyl (C=O) groups excluding carboxylic acids is 3. The predicted octanol–water partition coefficient (Wildman–Crippen LogP) is -0.359. The minimum Gasteiger partial charge on any atom is -0.447 e. The van der Waals surface area contributed by atoms with Crippen LogP contribution in [0.5, 0.6) is 0 Å². The molecule has 1 aromatic rings. The van der Waals surface area contributed by atoms with Crippen molar-refractivity contribution in [2.45, 2.75) is 6.04 Å². The second-order valence-corrected chi connectivity index (χ2v) is 4.21. The van der Waals surface area contributed by atoms with Gasteiger partial charge in [0.05, 0.1) is 0 Å². The van der Waals surface area contributed by atoms with Crippen LogP contribution in [0.25, 0.3) is 0 Å². The van der Waals surface area contributed by atoms with Gasteiger partial charge in [-0.3, -0.25) is 9.59 Å². The third-order valence-corrected chi connectivity index (χ3v) is 2.74. The molecule has 7 nitrogen and oxygen atoms in total. The van der Waals surface area contributed by atoms with Crippen molar-refractivity contribution in [1.29, 1.82) is 0 Å². The van der Waals surface area contributed by atoms with E-state index in [0.717, 1.165) is 0 Å². The molecule has 106 valence electrons. The van der Waals surface area contributed by atoms with Gasteiger partial charge in [-0.1, -0.05) is 18.2 Å². The fourth-order valence-corrected chi connectivity index (χ4v) is 1.70. The van der Waals surface area contributed by atoms with Crippen molar-refractivity contribution in [3.63, 3.8) is 0 Å². The van der Waals surface area contributed by atoms with Gasteiger partial charge in [-0.2, -0.15) is 0 Å². The number of rotatable bonds is 5. The van der Waals surface area contributed by atoms with Crippen LogP contribution in [0.15, 0.2) is 30.3 Å². The molecular weight excluding hydrogens is 262 g/mol. The van der Waals surface area contributed by atoms with Gasteiger partial charge in [0.2, 0.25) is 5.91 Å². The Morgan fingerprint density at radius 1 is 1.20 bits per heavy atom. The lowest BCUT2D eigenvalue weighted by molar-refractivity contribution is -0.122. The highest BCUT2D eigenvalue weighted by Gasteiger charge is 2.28. The summed E-state index contributed by atoms with van der Waals surface area (Å²) in [5, 5.41) is 7.65. The smallest absolute Gasteiger partial charge is 0.407 e. The SMILES string of the molecule is O=C1N[C@@H](C(=O)NCCNC(=O)c2ccccc2)CO1. The molecule has 1 atom stereocenters.